The molecule has 1 heterocycles. The summed E-state index contributed by atoms with van der Waals surface area (Å²) in [5.41, 5.74) is 0. The van der Waals surface area contributed by atoms with Crippen LogP contribution in [0.25, 0.3) is 0 Å². The maximum absolute atomic E-state index is 12.9. The molecule has 0 bridgehead atoms. The number of unbranched alkanes of at least 4 members (excludes halogenated alkanes) is 19. The Morgan fingerprint density at radius 2 is 1.21 bits per heavy atom. The Labute approximate surface area is 290 Å². The average molecular weight is 712 g/mol. The van der Waals surface area contributed by atoms with Crippen molar-refractivity contribution in [2.45, 2.75) is 204 Å². The summed E-state index contributed by atoms with van der Waals surface area (Å²) in [7, 11) is -5.06. The highest BCUT2D eigenvalue weighted by Gasteiger charge is 2.48. The second-order valence-corrected chi connectivity index (χ2v) is 14.6. The second kappa shape index (κ2) is 27.8. The Hall–Kier alpha value is -0.900. The zero-order valence-electron chi connectivity index (χ0n) is 29.8. The Balaban J connectivity index is 2.62. The van der Waals surface area contributed by atoms with Crippen LogP contribution in [0.2, 0.25) is 0 Å². The van der Waals surface area contributed by atoms with E-state index in [2.05, 4.69) is 23.3 Å². The number of hydrogen-bond donors (Lipinski definition) is 6. The molecule has 12 nitrogen and oxygen atoms in total. The summed E-state index contributed by atoms with van der Waals surface area (Å²) in [5, 5.41) is 44.5. The molecule has 0 aromatic carbocycles. The molecular weight excluding hydrogens is 642 g/mol. The summed E-state index contributed by atoms with van der Waals surface area (Å²) in [6, 6.07) is -0.847. The van der Waals surface area contributed by atoms with E-state index in [1.54, 1.807) is 0 Å². The van der Waals surface area contributed by atoms with Crippen LogP contribution in [0, 0.1) is 0 Å². The van der Waals surface area contributed by atoms with Gasteiger partial charge in [-0.05, 0) is 12.8 Å². The van der Waals surface area contributed by atoms with Gasteiger partial charge in [0.2, 0.25) is 5.91 Å². The van der Waals surface area contributed by atoms with Gasteiger partial charge in [0.15, 0.2) is 6.29 Å². The smallest absolute Gasteiger partial charge is 0.394 e. The van der Waals surface area contributed by atoms with Gasteiger partial charge in [0.1, 0.15) is 24.4 Å². The van der Waals surface area contributed by atoms with Crippen LogP contribution in [-0.4, -0.2) is 95.4 Å². The lowest BCUT2D eigenvalue weighted by atomic mass is 9.99. The van der Waals surface area contributed by atoms with Crippen LogP contribution in [-0.2, 0) is 28.9 Å². The molecule has 0 aromatic heterocycles. The molecule has 0 aliphatic carbocycles. The summed E-state index contributed by atoms with van der Waals surface area (Å²) in [4.78, 5) is 12.9. The van der Waals surface area contributed by atoms with E-state index in [-0.39, 0.29) is 12.5 Å². The first kappa shape index (κ1) is 45.1. The van der Waals surface area contributed by atoms with Crippen LogP contribution < -0.4 is 5.32 Å². The van der Waals surface area contributed by atoms with Crippen LogP contribution in [0.1, 0.15) is 162 Å². The Morgan fingerprint density at radius 3 is 1.67 bits per heavy atom. The van der Waals surface area contributed by atoms with Crippen LogP contribution in [0.3, 0.4) is 0 Å². The summed E-state index contributed by atoms with van der Waals surface area (Å²) in [6.45, 7) is 3.38. The normalized spacial score (nSPS) is 22.9. The van der Waals surface area contributed by atoms with Crippen molar-refractivity contribution >= 4 is 16.3 Å². The van der Waals surface area contributed by atoms with Crippen molar-refractivity contribution < 1.29 is 51.8 Å². The van der Waals surface area contributed by atoms with Crippen molar-refractivity contribution in [3.8, 4) is 0 Å². The van der Waals surface area contributed by atoms with Gasteiger partial charge in [-0.15, -0.1) is 0 Å². The van der Waals surface area contributed by atoms with Gasteiger partial charge in [-0.1, -0.05) is 142 Å². The molecule has 1 fully saturated rings. The highest BCUT2D eigenvalue weighted by molar-refractivity contribution is 7.80. The number of carbonyl (C=O) groups excluding carboxylic acids is 1. The molecule has 1 amide bonds. The second-order valence-electron chi connectivity index (χ2n) is 13.5. The Kier molecular flexibility index (Phi) is 26.1. The van der Waals surface area contributed by atoms with E-state index >= 15 is 0 Å². The molecular formula is C35H69NO11S. The zero-order valence-corrected chi connectivity index (χ0v) is 30.6. The molecule has 0 radical (unpaired) electrons. The predicted molar refractivity (Wildman–Crippen MR) is 186 cm³/mol. The van der Waals surface area contributed by atoms with Crippen molar-refractivity contribution in [1.82, 2.24) is 5.32 Å². The molecule has 1 saturated heterocycles. The lowest BCUT2D eigenvalue weighted by Crippen LogP contribution is -2.61. The molecule has 48 heavy (non-hydrogen) atoms. The fraction of sp³-hybridized carbons (Fsp3) is 0.971. The minimum atomic E-state index is -5.06. The lowest BCUT2D eigenvalue weighted by Gasteiger charge is -2.41. The quantitative estimate of drug-likeness (QED) is 0.0394. The number of carbonyl (C=O) groups is 1. The minimum Gasteiger partial charge on any atom is -0.394 e. The van der Waals surface area contributed by atoms with Crippen LogP contribution in [0.15, 0.2) is 0 Å². The first-order chi connectivity index (χ1) is 23.0. The molecule has 13 heteroatoms. The molecule has 0 saturated carbocycles. The topological polar surface area (TPSA) is 192 Å². The van der Waals surface area contributed by atoms with Crippen LogP contribution >= 0.6 is 0 Å². The minimum absolute atomic E-state index is 0.233. The van der Waals surface area contributed by atoms with Gasteiger partial charge in [-0.25, -0.2) is 4.18 Å². The largest absolute Gasteiger partial charge is 0.397 e. The van der Waals surface area contributed by atoms with E-state index in [0.29, 0.717) is 12.8 Å². The third-order valence-electron chi connectivity index (χ3n) is 9.17. The molecule has 1 aliphatic heterocycles. The highest BCUT2D eigenvalue weighted by Crippen LogP contribution is 2.26. The van der Waals surface area contributed by atoms with Crippen molar-refractivity contribution in [2.24, 2.45) is 0 Å². The van der Waals surface area contributed by atoms with E-state index in [1.165, 1.54) is 83.5 Å². The predicted octanol–water partition coefficient (Wildman–Crippen LogP) is 5.49. The number of rotatable bonds is 31. The molecule has 286 valence electrons. The van der Waals surface area contributed by atoms with Gasteiger partial charge >= 0.3 is 10.4 Å². The maximum Gasteiger partial charge on any atom is 0.397 e. The van der Waals surface area contributed by atoms with Crippen LogP contribution in [0.4, 0.5) is 0 Å². The third kappa shape index (κ3) is 21.3. The Bertz CT molecular complexity index is 894. The molecule has 1 aliphatic rings. The fourth-order valence-corrected chi connectivity index (χ4v) is 6.67. The van der Waals surface area contributed by atoms with Crippen molar-refractivity contribution in [1.29, 1.82) is 0 Å². The van der Waals surface area contributed by atoms with Gasteiger partial charge in [0.25, 0.3) is 0 Å². The third-order valence-corrected chi connectivity index (χ3v) is 9.63. The first-order valence-corrected chi connectivity index (χ1v) is 20.3. The maximum atomic E-state index is 12.9. The van der Waals surface area contributed by atoms with E-state index < -0.39 is 59.9 Å². The van der Waals surface area contributed by atoms with E-state index in [9.17, 15) is 33.6 Å². The highest BCUT2D eigenvalue weighted by atomic mass is 32.3. The van der Waals surface area contributed by atoms with Gasteiger partial charge in [0.05, 0.1) is 25.4 Å². The SMILES string of the molecule is CCCCCCCCCCCCCC(=O)NC(COC1OC(CO)C(O)C(OS(=O)(=O)O)C1O)C(O)CCCCCCCCCCCC. The summed E-state index contributed by atoms with van der Waals surface area (Å²) in [6.07, 6.45) is 15.5. The van der Waals surface area contributed by atoms with Gasteiger partial charge < -0.3 is 35.2 Å². The first-order valence-electron chi connectivity index (χ1n) is 18.9. The monoisotopic (exact) mass is 711 g/mol. The number of amides is 1. The zero-order chi connectivity index (χ0) is 35.6. The average Bonchev–Trinajstić information content (AvgIpc) is 3.04. The number of aliphatic hydroxyl groups is 4. The molecule has 7 atom stereocenters. The molecule has 0 spiro atoms. The summed E-state index contributed by atoms with van der Waals surface area (Å²) >= 11 is 0. The van der Waals surface area contributed by atoms with Gasteiger partial charge in [0, 0.05) is 6.42 Å². The molecule has 6 N–H and O–H groups in total. The number of aliphatic hydroxyl groups excluding tert-OH is 4. The van der Waals surface area contributed by atoms with Gasteiger partial charge in [-0.3, -0.25) is 9.35 Å². The molecule has 1 rings (SSSR count). The van der Waals surface area contributed by atoms with Gasteiger partial charge in [-0.2, -0.15) is 8.42 Å². The van der Waals surface area contributed by atoms with E-state index in [1.807, 2.05) is 0 Å². The van der Waals surface area contributed by atoms with Crippen molar-refractivity contribution in [3.63, 3.8) is 0 Å². The van der Waals surface area contributed by atoms with E-state index in [0.717, 1.165) is 51.4 Å². The standard InChI is InChI=1S/C35H69NO11S/c1-3-5-7-9-11-13-15-17-19-21-23-25-31(39)36-28(29(38)24-22-20-18-16-14-12-10-8-6-4-2)27-45-35-33(41)34(47-48(42,43)44)32(40)30(26-37)46-35/h28-30,32-35,37-38,40-41H,3-27H2,1-2H3,(H,36,39)(H,42,43,44). The molecule has 7 unspecified atom stereocenters. The lowest BCUT2D eigenvalue weighted by molar-refractivity contribution is -0.298. The number of nitrogens with one attached hydrogen (secondary N) is 1. The number of ether oxygens (including phenoxy) is 2. The van der Waals surface area contributed by atoms with E-state index in [4.69, 9.17) is 14.0 Å². The summed E-state index contributed by atoms with van der Waals surface area (Å²) < 4.78 is 47.3. The van der Waals surface area contributed by atoms with Crippen molar-refractivity contribution in [3.05, 3.63) is 0 Å². The summed E-state index contributed by atoms with van der Waals surface area (Å²) in [5.74, 6) is -0.233. The van der Waals surface area contributed by atoms with Crippen LogP contribution in [0.5, 0.6) is 0 Å². The Morgan fingerprint density at radius 1 is 0.750 bits per heavy atom. The fourth-order valence-electron chi connectivity index (χ4n) is 6.16. The molecule has 0 aromatic rings. The van der Waals surface area contributed by atoms with Crippen molar-refractivity contribution in [2.75, 3.05) is 13.2 Å². The number of hydrogen-bond acceptors (Lipinski definition) is 10.